The molecule has 1 saturated carbocycles. The number of hydrogen-bond acceptors (Lipinski definition) is 3. The Bertz CT molecular complexity index is 558. The summed E-state index contributed by atoms with van der Waals surface area (Å²) < 4.78 is 1.67. The van der Waals surface area contributed by atoms with Gasteiger partial charge in [0.1, 0.15) is 0 Å². The first kappa shape index (κ1) is 11.2. The fourth-order valence-corrected chi connectivity index (χ4v) is 2.31. The summed E-state index contributed by atoms with van der Waals surface area (Å²) in [6.45, 7) is 0. The second kappa shape index (κ2) is 4.78. The van der Waals surface area contributed by atoms with E-state index in [-0.39, 0.29) is 12.0 Å². The van der Waals surface area contributed by atoms with Gasteiger partial charge in [-0.3, -0.25) is 9.63 Å². The lowest BCUT2D eigenvalue weighted by atomic mass is 10.2. The van der Waals surface area contributed by atoms with Crippen LogP contribution in [-0.2, 0) is 4.84 Å². The highest BCUT2D eigenvalue weighted by molar-refractivity contribution is 5.99. The molecule has 0 saturated heterocycles. The van der Waals surface area contributed by atoms with E-state index < -0.39 is 0 Å². The van der Waals surface area contributed by atoms with Gasteiger partial charge in [-0.05, 0) is 25.0 Å². The summed E-state index contributed by atoms with van der Waals surface area (Å²) in [5.74, 6) is -0.233. The first-order valence-corrected chi connectivity index (χ1v) is 6.23. The van der Waals surface area contributed by atoms with Crippen molar-refractivity contribution in [2.75, 3.05) is 0 Å². The van der Waals surface area contributed by atoms with E-state index in [9.17, 15) is 4.79 Å². The number of carbonyl (C=O) groups excluding carboxylic acids is 1. The number of fused-ring (bicyclic) bond motifs is 1. The Labute approximate surface area is 105 Å². The van der Waals surface area contributed by atoms with Crippen molar-refractivity contribution in [1.29, 1.82) is 0 Å². The Balaban J connectivity index is 1.71. The van der Waals surface area contributed by atoms with Gasteiger partial charge in [-0.25, -0.2) is 10.00 Å². The third-order valence-corrected chi connectivity index (χ3v) is 3.29. The molecule has 0 aliphatic heterocycles. The Morgan fingerprint density at radius 1 is 1.39 bits per heavy atom. The van der Waals surface area contributed by atoms with Gasteiger partial charge in [0.05, 0.1) is 23.4 Å². The number of hydroxylamine groups is 1. The minimum Gasteiger partial charge on any atom is -0.270 e. The lowest BCUT2D eigenvalue weighted by Gasteiger charge is -2.10. The zero-order chi connectivity index (χ0) is 12.4. The van der Waals surface area contributed by atoms with Gasteiger partial charge in [-0.1, -0.05) is 18.9 Å². The van der Waals surface area contributed by atoms with Crippen molar-refractivity contribution in [3.8, 4) is 0 Å². The topological polar surface area (TPSA) is 55.6 Å². The molecule has 0 bridgehead atoms. The van der Waals surface area contributed by atoms with Crippen LogP contribution < -0.4 is 5.48 Å². The molecule has 0 radical (unpaired) electrons. The van der Waals surface area contributed by atoms with Crippen molar-refractivity contribution in [1.82, 2.24) is 15.1 Å². The van der Waals surface area contributed by atoms with Gasteiger partial charge in [0.2, 0.25) is 0 Å². The van der Waals surface area contributed by atoms with Gasteiger partial charge in [0, 0.05) is 6.20 Å². The highest BCUT2D eigenvalue weighted by Gasteiger charge is 2.18. The molecule has 5 heteroatoms. The van der Waals surface area contributed by atoms with E-state index in [1.165, 1.54) is 12.8 Å². The summed E-state index contributed by atoms with van der Waals surface area (Å²) in [5, 5.41) is 4.12. The summed E-state index contributed by atoms with van der Waals surface area (Å²) in [7, 11) is 0. The molecule has 1 aliphatic rings. The van der Waals surface area contributed by atoms with E-state index in [1.54, 1.807) is 10.7 Å². The zero-order valence-electron chi connectivity index (χ0n) is 10.0. The number of hydrogen-bond donors (Lipinski definition) is 1. The van der Waals surface area contributed by atoms with Crippen LogP contribution in [0.25, 0.3) is 5.52 Å². The minimum atomic E-state index is -0.233. The van der Waals surface area contributed by atoms with Gasteiger partial charge in [-0.2, -0.15) is 5.10 Å². The molecule has 18 heavy (non-hydrogen) atoms. The molecular formula is C13H15N3O2. The molecule has 2 aromatic heterocycles. The first-order chi connectivity index (χ1) is 8.84. The van der Waals surface area contributed by atoms with Crippen LogP contribution in [0.5, 0.6) is 0 Å². The lowest BCUT2D eigenvalue weighted by molar-refractivity contribution is -0.0123. The molecule has 1 N–H and O–H groups in total. The standard InChI is InChI=1S/C13H15N3O2/c17-13(15-18-10-5-1-2-6-10)11-9-14-16-8-4-3-7-12(11)16/h3-4,7-10H,1-2,5-6H2,(H,15,17). The van der Waals surface area contributed by atoms with E-state index in [0.717, 1.165) is 18.4 Å². The van der Waals surface area contributed by atoms with Gasteiger partial charge < -0.3 is 0 Å². The number of rotatable bonds is 3. The third-order valence-electron chi connectivity index (χ3n) is 3.29. The van der Waals surface area contributed by atoms with Crippen molar-refractivity contribution in [2.45, 2.75) is 31.8 Å². The summed E-state index contributed by atoms with van der Waals surface area (Å²) in [4.78, 5) is 17.4. The summed E-state index contributed by atoms with van der Waals surface area (Å²) in [6, 6.07) is 5.61. The molecule has 0 atom stereocenters. The highest BCUT2D eigenvalue weighted by atomic mass is 16.7. The zero-order valence-corrected chi connectivity index (χ0v) is 10.0. The van der Waals surface area contributed by atoms with Crippen LogP contribution in [0, 0.1) is 0 Å². The van der Waals surface area contributed by atoms with Crippen molar-refractivity contribution in [2.24, 2.45) is 0 Å². The van der Waals surface area contributed by atoms with Crippen molar-refractivity contribution in [3.05, 3.63) is 36.2 Å². The summed E-state index contributed by atoms with van der Waals surface area (Å²) in [6.07, 6.45) is 7.93. The normalized spacial score (nSPS) is 16.2. The Morgan fingerprint density at radius 3 is 3.06 bits per heavy atom. The smallest absolute Gasteiger partial charge is 0.270 e. The Morgan fingerprint density at radius 2 is 2.22 bits per heavy atom. The van der Waals surface area contributed by atoms with E-state index in [0.29, 0.717) is 5.56 Å². The molecule has 2 heterocycles. The minimum absolute atomic E-state index is 0.163. The maximum Gasteiger partial charge on any atom is 0.278 e. The van der Waals surface area contributed by atoms with Crippen LogP contribution in [0.3, 0.4) is 0 Å². The second-order valence-electron chi connectivity index (χ2n) is 4.54. The van der Waals surface area contributed by atoms with Crippen LogP contribution in [0.15, 0.2) is 30.6 Å². The molecular weight excluding hydrogens is 230 g/mol. The van der Waals surface area contributed by atoms with E-state index in [1.807, 2.05) is 24.4 Å². The van der Waals surface area contributed by atoms with Crippen molar-refractivity contribution < 1.29 is 9.63 Å². The van der Waals surface area contributed by atoms with E-state index >= 15 is 0 Å². The van der Waals surface area contributed by atoms with E-state index in [4.69, 9.17) is 4.84 Å². The average Bonchev–Trinajstić information content (AvgIpc) is 3.05. The van der Waals surface area contributed by atoms with Gasteiger partial charge in [0.25, 0.3) is 5.91 Å². The molecule has 0 unspecified atom stereocenters. The van der Waals surface area contributed by atoms with E-state index in [2.05, 4.69) is 10.6 Å². The number of amides is 1. The molecule has 3 rings (SSSR count). The molecule has 5 nitrogen and oxygen atoms in total. The first-order valence-electron chi connectivity index (χ1n) is 6.23. The summed E-state index contributed by atoms with van der Waals surface area (Å²) in [5.41, 5.74) is 3.85. The number of pyridine rings is 1. The molecule has 94 valence electrons. The van der Waals surface area contributed by atoms with Crippen LogP contribution in [0.2, 0.25) is 0 Å². The molecule has 1 amide bonds. The third kappa shape index (κ3) is 2.09. The van der Waals surface area contributed by atoms with Crippen LogP contribution in [-0.4, -0.2) is 21.6 Å². The van der Waals surface area contributed by atoms with Gasteiger partial charge >= 0.3 is 0 Å². The second-order valence-corrected chi connectivity index (χ2v) is 4.54. The van der Waals surface area contributed by atoms with Crippen LogP contribution >= 0.6 is 0 Å². The molecule has 1 fully saturated rings. The fourth-order valence-electron chi connectivity index (χ4n) is 2.31. The molecule has 2 aromatic rings. The quantitative estimate of drug-likeness (QED) is 0.841. The predicted octanol–water partition coefficient (Wildman–Crippen LogP) is 1.94. The monoisotopic (exact) mass is 245 g/mol. The average molecular weight is 245 g/mol. The van der Waals surface area contributed by atoms with Crippen LogP contribution in [0.1, 0.15) is 36.0 Å². The van der Waals surface area contributed by atoms with Gasteiger partial charge in [-0.15, -0.1) is 0 Å². The largest absolute Gasteiger partial charge is 0.278 e. The number of carbonyl (C=O) groups is 1. The predicted molar refractivity (Wildman–Crippen MR) is 66.0 cm³/mol. The molecule has 0 aromatic carbocycles. The molecule has 1 aliphatic carbocycles. The van der Waals surface area contributed by atoms with Crippen molar-refractivity contribution in [3.63, 3.8) is 0 Å². The number of nitrogens with one attached hydrogen (secondary N) is 1. The fraction of sp³-hybridized carbons (Fsp3) is 0.385. The maximum absolute atomic E-state index is 12.0. The number of aromatic nitrogens is 2. The Hall–Kier alpha value is -1.88. The highest BCUT2D eigenvalue weighted by Crippen LogP contribution is 2.20. The number of nitrogens with zero attached hydrogens (tertiary/aromatic N) is 2. The SMILES string of the molecule is O=C(NOC1CCCC1)c1cnn2ccccc12. The van der Waals surface area contributed by atoms with Crippen molar-refractivity contribution >= 4 is 11.4 Å². The Kier molecular flexibility index (Phi) is 2.98. The van der Waals surface area contributed by atoms with Gasteiger partial charge in [0.15, 0.2) is 0 Å². The molecule has 0 spiro atoms. The maximum atomic E-state index is 12.0. The summed E-state index contributed by atoms with van der Waals surface area (Å²) >= 11 is 0. The lowest BCUT2D eigenvalue weighted by Crippen LogP contribution is -2.28. The van der Waals surface area contributed by atoms with Crippen LogP contribution in [0.4, 0.5) is 0 Å².